The number of amides is 4. The number of carbonyl (C=O) groups excluding carboxylic acids is 3. The summed E-state index contributed by atoms with van der Waals surface area (Å²) in [5.41, 5.74) is -0.841. The molecule has 0 aliphatic carbocycles. The number of imide groups is 1. The van der Waals surface area contributed by atoms with Gasteiger partial charge in [-0.3, -0.25) is 14.5 Å². The molecule has 1 unspecified atom stereocenters. The van der Waals surface area contributed by atoms with Crippen LogP contribution in [0.5, 0.6) is 0 Å². The minimum atomic E-state index is -0.841. The van der Waals surface area contributed by atoms with Crippen molar-refractivity contribution in [3.05, 3.63) is 0 Å². The first-order chi connectivity index (χ1) is 10.5. The Hall–Kier alpha value is -1.34. The van der Waals surface area contributed by atoms with E-state index in [2.05, 4.69) is 10.6 Å². The maximum absolute atomic E-state index is 12.5. The summed E-state index contributed by atoms with van der Waals surface area (Å²) in [4.78, 5) is 39.8. The molecule has 4 amide bonds. The van der Waals surface area contributed by atoms with Gasteiger partial charge in [0.25, 0.3) is 5.91 Å². The van der Waals surface area contributed by atoms with Crippen molar-refractivity contribution in [3.8, 4) is 0 Å². The monoisotopic (exact) mass is 346 g/mol. The second-order valence-corrected chi connectivity index (χ2v) is 6.08. The number of likely N-dealkylation sites (tertiary alicyclic amines) is 1. The van der Waals surface area contributed by atoms with Gasteiger partial charge >= 0.3 is 6.03 Å². The second-order valence-electron chi connectivity index (χ2n) is 6.08. The number of piperidine rings is 1. The van der Waals surface area contributed by atoms with E-state index < -0.39 is 11.6 Å². The van der Waals surface area contributed by atoms with E-state index in [1.54, 1.807) is 4.90 Å². The van der Waals surface area contributed by atoms with Crippen molar-refractivity contribution in [3.63, 3.8) is 0 Å². The highest BCUT2D eigenvalue weighted by Crippen LogP contribution is 2.25. The van der Waals surface area contributed by atoms with Crippen LogP contribution in [0.15, 0.2) is 0 Å². The van der Waals surface area contributed by atoms with E-state index in [0.717, 1.165) is 17.7 Å². The molecule has 0 radical (unpaired) electrons. The molecule has 2 saturated heterocycles. The number of rotatable bonds is 5. The van der Waals surface area contributed by atoms with Gasteiger partial charge in [-0.15, -0.1) is 12.4 Å². The number of urea groups is 1. The molecule has 2 aliphatic heterocycles. The van der Waals surface area contributed by atoms with Crippen LogP contribution in [-0.2, 0) is 9.59 Å². The van der Waals surface area contributed by atoms with E-state index in [0.29, 0.717) is 25.9 Å². The number of nitrogens with one attached hydrogen (secondary N) is 2. The summed E-state index contributed by atoms with van der Waals surface area (Å²) in [5, 5.41) is 5.93. The third kappa shape index (κ3) is 3.77. The number of halogens is 1. The lowest BCUT2D eigenvalue weighted by Gasteiger charge is -2.33. The van der Waals surface area contributed by atoms with Crippen LogP contribution in [-0.4, -0.2) is 65.9 Å². The van der Waals surface area contributed by atoms with Crippen LogP contribution in [0.4, 0.5) is 4.79 Å². The maximum atomic E-state index is 12.5. The Morgan fingerprint density at radius 1 is 1.35 bits per heavy atom. The highest BCUT2D eigenvalue weighted by Gasteiger charge is 2.49. The second kappa shape index (κ2) is 7.97. The zero-order valence-electron chi connectivity index (χ0n) is 14.1. The van der Waals surface area contributed by atoms with E-state index in [4.69, 9.17) is 0 Å². The average molecular weight is 347 g/mol. The highest BCUT2D eigenvalue weighted by molar-refractivity contribution is 6.08. The normalized spacial score (nSPS) is 23.5. The molecule has 0 spiro atoms. The van der Waals surface area contributed by atoms with Crippen LogP contribution in [0.3, 0.4) is 0 Å². The number of nitrogens with zero attached hydrogens (tertiary/aromatic N) is 2. The molecule has 132 valence electrons. The molecule has 2 fully saturated rings. The molecular formula is C15H27ClN4O3. The lowest BCUT2D eigenvalue weighted by molar-refractivity contribution is -0.139. The third-order valence-corrected chi connectivity index (χ3v) is 4.93. The van der Waals surface area contributed by atoms with Gasteiger partial charge in [0, 0.05) is 19.1 Å². The maximum Gasteiger partial charge on any atom is 0.325 e. The fraction of sp³-hybridized carbons (Fsp3) is 0.800. The van der Waals surface area contributed by atoms with Crippen LogP contribution in [0.2, 0.25) is 0 Å². The van der Waals surface area contributed by atoms with E-state index >= 15 is 0 Å². The van der Waals surface area contributed by atoms with Gasteiger partial charge in [-0.2, -0.15) is 0 Å². The van der Waals surface area contributed by atoms with Crippen LogP contribution in [0.25, 0.3) is 0 Å². The summed E-state index contributed by atoms with van der Waals surface area (Å²) in [7, 11) is 1.88. The lowest BCUT2D eigenvalue weighted by atomic mass is 9.93. The molecule has 2 rings (SSSR count). The standard InChI is InChI=1S/C15H26N4O3.ClH/c1-4-15(5-2)13(21)19(14(22)17-15)10-12(20)18-8-6-7-11(9-18)16-3;/h11,16H,4-10H2,1-3H3,(H,17,22);1H. The lowest BCUT2D eigenvalue weighted by Crippen LogP contribution is -2.51. The molecule has 8 heteroatoms. The van der Waals surface area contributed by atoms with Gasteiger partial charge in [-0.25, -0.2) is 4.79 Å². The van der Waals surface area contributed by atoms with Crippen LogP contribution in [0.1, 0.15) is 39.5 Å². The van der Waals surface area contributed by atoms with Gasteiger partial charge < -0.3 is 15.5 Å². The van der Waals surface area contributed by atoms with Crippen molar-refractivity contribution in [2.45, 2.75) is 51.1 Å². The summed E-state index contributed by atoms with van der Waals surface area (Å²) in [6.45, 7) is 4.90. The number of likely N-dealkylation sites (N-methyl/N-ethyl adjacent to an activating group) is 1. The quantitative estimate of drug-likeness (QED) is 0.719. The van der Waals surface area contributed by atoms with Crippen molar-refractivity contribution in [2.24, 2.45) is 0 Å². The van der Waals surface area contributed by atoms with Gasteiger partial charge in [-0.05, 0) is 32.7 Å². The van der Waals surface area contributed by atoms with Crippen LogP contribution in [0, 0.1) is 0 Å². The topological polar surface area (TPSA) is 81.8 Å². The smallest absolute Gasteiger partial charge is 0.325 e. The largest absolute Gasteiger partial charge is 0.340 e. The molecule has 2 heterocycles. The van der Waals surface area contributed by atoms with Gasteiger partial charge in [0.2, 0.25) is 5.91 Å². The first-order valence-corrected chi connectivity index (χ1v) is 8.06. The molecule has 1 atom stereocenters. The molecule has 0 saturated carbocycles. The first kappa shape index (κ1) is 19.7. The predicted molar refractivity (Wildman–Crippen MR) is 89.5 cm³/mol. The summed E-state index contributed by atoms with van der Waals surface area (Å²) in [6, 6.07) is -0.171. The molecule has 0 aromatic rings. The fourth-order valence-corrected chi connectivity index (χ4v) is 3.22. The minimum absolute atomic E-state index is 0. The van der Waals surface area contributed by atoms with E-state index in [-0.39, 0.29) is 36.8 Å². The molecule has 2 aliphatic rings. The van der Waals surface area contributed by atoms with Gasteiger partial charge in [0.05, 0.1) is 0 Å². The number of hydrogen-bond acceptors (Lipinski definition) is 4. The SMILES string of the molecule is CCC1(CC)NC(=O)N(CC(=O)N2CCCC(NC)C2)C1=O.Cl. The third-order valence-electron chi connectivity index (χ3n) is 4.93. The molecule has 0 bridgehead atoms. The van der Waals surface area contributed by atoms with Crippen molar-refractivity contribution in [1.29, 1.82) is 0 Å². The van der Waals surface area contributed by atoms with Gasteiger partial charge in [-0.1, -0.05) is 13.8 Å². The molecular weight excluding hydrogens is 320 g/mol. The number of hydrogen-bond donors (Lipinski definition) is 2. The zero-order valence-corrected chi connectivity index (χ0v) is 14.9. The predicted octanol–water partition coefficient (Wildman–Crippen LogP) is 0.729. The number of carbonyl (C=O) groups is 3. The Balaban J connectivity index is 0.00000264. The molecule has 7 nitrogen and oxygen atoms in total. The molecule has 0 aromatic carbocycles. The van der Waals surface area contributed by atoms with Crippen molar-refractivity contribution in [1.82, 2.24) is 20.4 Å². The van der Waals surface area contributed by atoms with Crippen LogP contribution >= 0.6 is 12.4 Å². The van der Waals surface area contributed by atoms with Gasteiger partial charge in [0.15, 0.2) is 0 Å². The fourth-order valence-electron chi connectivity index (χ4n) is 3.22. The zero-order chi connectivity index (χ0) is 16.3. The van der Waals surface area contributed by atoms with Crippen molar-refractivity contribution in [2.75, 3.05) is 26.7 Å². The van der Waals surface area contributed by atoms with Crippen molar-refractivity contribution < 1.29 is 14.4 Å². The summed E-state index contributed by atoms with van der Waals surface area (Å²) in [6.07, 6.45) is 3.04. The first-order valence-electron chi connectivity index (χ1n) is 8.06. The summed E-state index contributed by atoms with van der Waals surface area (Å²) < 4.78 is 0. The van der Waals surface area contributed by atoms with E-state index in [9.17, 15) is 14.4 Å². The Kier molecular flexibility index (Phi) is 6.83. The van der Waals surface area contributed by atoms with Crippen molar-refractivity contribution >= 4 is 30.3 Å². The minimum Gasteiger partial charge on any atom is -0.340 e. The molecule has 23 heavy (non-hydrogen) atoms. The summed E-state index contributed by atoms with van der Waals surface area (Å²) in [5.74, 6) is -0.440. The van der Waals surface area contributed by atoms with Gasteiger partial charge in [0.1, 0.15) is 12.1 Å². The molecule has 0 aromatic heterocycles. The Morgan fingerprint density at radius 2 is 2.00 bits per heavy atom. The van der Waals surface area contributed by atoms with E-state index in [1.807, 2.05) is 20.9 Å². The Labute approximate surface area is 143 Å². The Morgan fingerprint density at radius 3 is 2.52 bits per heavy atom. The molecule has 2 N–H and O–H groups in total. The van der Waals surface area contributed by atoms with E-state index in [1.165, 1.54) is 0 Å². The average Bonchev–Trinajstić information content (AvgIpc) is 2.79. The highest BCUT2D eigenvalue weighted by atomic mass is 35.5. The Bertz CT molecular complexity index is 468. The van der Waals surface area contributed by atoms with Crippen LogP contribution < -0.4 is 10.6 Å². The summed E-state index contributed by atoms with van der Waals surface area (Å²) >= 11 is 0.